The second kappa shape index (κ2) is 8.75. The number of anilines is 3. The highest BCUT2D eigenvalue weighted by Crippen LogP contribution is 2.29. The average molecular weight is 357 g/mol. The molecular weight excluding hydrogens is 334 g/mol. The maximum absolute atomic E-state index is 12.1. The van der Waals surface area contributed by atoms with Crippen molar-refractivity contribution in [2.75, 3.05) is 43.8 Å². The standard InChI is InChI=1S/C19H23N3O4/c1-22(2)14-7-5-13(6-8-14)20-18(23)12-19(24)21-16-10-9-15(25-3)11-17(16)26-4/h5-11H,12H2,1-4H3,(H,20,23)(H,21,24). The molecular formula is C19H23N3O4. The fourth-order valence-corrected chi connectivity index (χ4v) is 2.29. The van der Waals surface area contributed by atoms with E-state index in [1.54, 1.807) is 37.4 Å². The van der Waals surface area contributed by atoms with Crippen LogP contribution in [0.1, 0.15) is 6.42 Å². The minimum absolute atomic E-state index is 0.301. The van der Waals surface area contributed by atoms with E-state index >= 15 is 0 Å². The van der Waals surface area contributed by atoms with Gasteiger partial charge < -0.3 is 25.0 Å². The number of hydrogen-bond donors (Lipinski definition) is 2. The number of nitrogens with one attached hydrogen (secondary N) is 2. The Morgan fingerprint density at radius 3 is 2.15 bits per heavy atom. The normalized spacial score (nSPS) is 10.0. The molecule has 0 unspecified atom stereocenters. The second-order valence-corrected chi connectivity index (χ2v) is 5.78. The smallest absolute Gasteiger partial charge is 0.233 e. The fourth-order valence-electron chi connectivity index (χ4n) is 2.29. The van der Waals surface area contributed by atoms with E-state index in [0.29, 0.717) is 22.9 Å². The highest BCUT2D eigenvalue weighted by molar-refractivity contribution is 6.08. The predicted molar refractivity (Wildman–Crippen MR) is 102 cm³/mol. The van der Waals surface area contributed by atoms with Crippen molar-refractivity contribution in [3.8, 4) is 11.5 Å². The first-order chi connectivity index (χ1) is 12.4. The summed E-state index contributed by atoms with van der Waals surface area (Å²) in [5.41, 5.74) is 2.13. The van der Waals surface area contributed by atoms with E-state index in [1.807, 2.05) is 31.1 Å². The number of amides is 2. The number of benzene rings is 2. The monoisotopic (exact) mass is 357 g/mol. The number of hydrogen-bond acceptors (Lipinski definition) is 5. The largest absolute Gasteiger partial charge is 0.497 e. The van der Waals surface area contributed by atoms with Gasteiger partial charge in [-0.25, -0.2) is 0 Å². The molecule has 0 atom stereocenters. The lowest BCUT2D eigenvalue weighted by Crippen LogP contribution is -2.21. The first-order valence-electron chi connectivity index (χ1n) is 8.02. The third-order valence-corrected chi connectivity index (χ3v) is 3.67. The first kappa shape index (κ1) is 19.1. The van der Waals surface area contributed by atoms with Crippen LogP contribution < -0.4 is 25.0 Å². The van der Waals surface area contributed by atoms with Crippen molar-refractivity contribution >= 4 is 28.9 Å². The van der Waals surface area contributed by atoms with Crippen LogP contribution >= 0.6 is 0 Å². The Hall–Kier alpha value is -3.22. The summed E-state index contributed by atoms with van der Waals surface area (Å²) in [5.74, 6) is 0.236. The van der Waals surface area contributed by atoms with E-state index in [-0.39, 0.29) is 6.42 Å². The maximum atomic E-state index is 12.1. The quantitative estimate of drug-likeness (QED) is 0.745. The third kappa shape index (κ3) is 5.14. The van der Waals surface area contributed by atoms with E-state index in [9.17, 15) is 9.59 Å². The van der Waals surface area contributed by atoms with Crippen molar-refractivity contribution in [3.63, 3.8) is 0 Å². The zero-order valence-electron chi connectivity index (χ0n) is 15.3. The molecule has 2 aromatic carbocycles. The molecule has 7 nitrogen and oxygen atoms in total. The van der Waals surface area contributed by atoms with Gasteiger partial charge in [0, 0.05) is 31.5 Å². The number of carbonyl (C=O) groups is 2. The van der Waals surface area contributed by atoms with Gasteiger partial charge in [-0.1, -0.05) is 0 Å². The summed E-state index contributed by atoms with van der Waals surface area (Å²) in [6.07, 6.45) is -0.301. The summed E-state index contributed by atoms with van der Waals surface area (Å²) in [6, 6.07) is 12.4. The number of nitrogens with zero attached hydrogens (tertiary/aromatic N) is 1. The van der Waals surface area contributed by atoms with Gasteiger partial charge in [0.1, 0.15) is 17.9 Å². The Balaban J connectivity index is 1.94. The van der Waals surface area contributed by atoms with Crippen molar-refractivity contribution in [3.05, 3.63) is 42.5 Å². The Morgan fingerprint density at radius 2 is 1.58 bits per heavy atom. The molecule has 0 fully saturated rings. The molecule has 2 aromatic rings. The Morgan fingerprint density at radius 1 is 0.923 bits per heavy atom. The second-order valence-electron chi connectivity index (χ2n) is 5.78. The molecule has 0 aliphatic rings. The zero-order valence-corrected chi connectivity index (χ0v) is 15.3. The van der Waals surface area contributed by atoms with E-state index in [1.165, 1.54) is 7.11 Å². The van der Waals surface area contributed by atoms with Crippen LogP contribution in [0.15, 0.2) is 42.5 Å². The van der Waals surface area contributed by atoms with Crippen LogP contribution in [-0.4, -0.2) is 40.1 Å². The van der Waals surface area contributed by atoms with Crippen LogP contribution in [0.25, 0.3) is 0 Å². The Kier molecular flexibility index (Phi) is 6.43. The molecule has 7 heteroatoms. The highest BCUT2D eigenvalue weighted by Gasteiger charge is 2.13. The number of ether oxygens (including phenoxy) is 2. The topological polar surface area (TPSA) is 79.9 Å². The molecule has 0 aliphatic heterocycles. The van der Waals surface area contributed by atoms with Crippen LogP contribution in [0.2, 0.25) is 0 Å². The summed E-state index contributed by atoms with van der Waals surface area (Å²) >= 11 is 0. The molecule has 0 saturated carbocycles. The van der Waals surface area contributed by atoms with Crippen LogP contribution in [0.5, 0.6) is 11.5 Å². The summed E-state index contributed by atoms with van der Waals surface area (Å²) in [7, 11) is 6.91. The maximum Gasteiger partial charge on any atom is 0.233 e. The minimum atomic E-state index is -0.434. The minimum Gasteiger partial charge on any atom is -0.497 e. The molecule has 0 bridgehead atoms. The van der Waals surface area contributed by atoms with Crippen molar-refractivity contribution in [1.29, 1.82) is 0 Å². The van der Waals surface area contributed by atoms with Gasteiger partial charge in [0.05, 0.1) is 19.9 Å². The van der Waals surface area contributed by atoms with Gasteiger partial charge in [0.15, 0.2) is 0 Å². The van der Waals surface area contributed by atoms with Crippen molar-refractivity contribution in [1.82, 2.24) is 0 Å². The van der Waals surface area contributed by atoms with Crippen molar-refractivity contribution in [2.45, 2.75) is 6.42 Å². The first-order valence-corrected chi connectivity index (χ1v) is 8.02. The van der Waals surface area contributed by atoms with Crippen LogP contribution in [0.3, 0.4) is 0 Å². The molecule has 0 saturated heterocycles. The molecule has 2 N–H and O–H groups in total. The Bertz CT molecular complexity index is 773. The molecule has 0 heterocycles. The number of rotatable bonds is 7. The van der Waals surface area contributed by atoms with Gasteiger partial charge in [-0.15, -0.1) is 0 Å². The lowest BCUT2D eigenvalue weighted by atomic mass is 10.2. The van der Waals surface area contributed by atoms with Gasteiger partial charge in [0.25, 0.3) is 0 Å². The van der Waals surface area contributed by atoms with E-state index < -0.39 is 11.8 Å². The van der Waals surface area contributed by atoms with Gasteiger partial charge in [-0.3, -0.25) is 9.59 Å². The van der Waals surface area contributed by atoms with Crippen LogP contribution in [-0.2, 0) is 9.59 Å². The van der Waals surface area contributed by atoms with Crippen molar-refractivity contribution in [2.24, 2.45) is 0 Å². The average Bonchev–Trinajstić information content (AvgIpc) is 2.62. The van der Waals surface area contributed by atoms with Gasteiger partial charge in [-0.2, -0.15) is 0 Å². The molecule has 2 amide bonds. The molecule has 0 spiro atoms. The fraction of sp³-hybridized carbons (Fsp3) is 0.263. The third-order valence-electron chi connectivity index (χ3n) is 3.67. The zero-order chi connectivity index (χ0) is 19.1. The molecule has 0 aromatic heterocycles. The molecule has 0 radical (unpaired) electrons. The lowest BCUT2D eigenvalue weighted by Gasteiger charge is -2.13. The number of carbonyl (C=O) groups excluding carboxylic acids is 2. The van der Waals surface area contributed by atoms with Crippen LogP contribution in [0.4, 0.5) is 17.1 Å². The summed E-state index contributed by atoms with van der Waals surface area (Å²) in [4.78, 5) is 26.1. The lowest BCUT2D eigenvalue weighted by molar-refractivity contribution is -0.123. The van der Waals surface area contributed by atoms with E-state index in [4.69, 9.17) is 9.47 Å². The predicted octanol–water partition coefficient (Wildman–Crippen LogP) is 2.74. The molecule has 26 heavy (non-hydrogen) atoms. The molecule has 0 aliphatic carbocycles. The number of methoxy groups -OCH3 is 2. The summed E-state index contributed by atoms with van der Waals surface area (Å²) < 4.78 is 10.3. The van der Waals surface area contributed by atoms with E-state index in [0.717, 1.165) is 5.69 Å². The SMILES string of the molecule is COc1ccc(NC(=O)CC(=O)Nc2ccc(N(C)C)cc2)c(OC)c1. The van der Waals surface area contributed by atoms with Crippen LogP contribution in [0, 0.1) is 0 Å². The molecule has 2 rings (SSSR count). The Labute approximate surface area is 152 Å². The van der Waals surface area contributed by atoms with E-state index in [2.05, 4.69) is 10.6 Å². The van der Waals surface area contributed by atoms with Gasteiger partial charge in [0.2, 0.25) is 11.8 Å². The van der Waals surface area contributed by atoms with Gasteiger partial charge >= 0.3 is 0 Å². The summed E-state index contributed by atoms with van der Waals surface area (Å²) in [5, 5.41) is 5.37. The van der Waals surface area contributed by atoms with Gasteiger partial charge in [-0.05, 0) is 36.4 Å². The van der Waals surface area contributed by atoms with Crippen molar-refractivity contribution < 1.29 is 19.1 Å². The molecule has 138 valence electrons. The highest BCUT2D eigenvalue weighted by atomic mass is 16.5. The summed E-state index contributed by atoms with van der Waals surface area (Å²) in [6.45, 7) is 0.